The molecule has 4 N–H and O–H groups in total. The zero-order valence-corrected chi connectivity index (χ0v) is 9.11. The van der Waals surface area contributed by atoms with Gasteiger partial charge in [0.1, 0.15) is 0 Å². The minimum atomic E-state index is 0.0421. The van der Waals surface area contributed by atoms with Crippen LogP contribution in [0.15, 0.2) is 41.6 Å². The van der Waals surface area contributed by atoms with Gasteiger partial charge in [-0.3, -0.25) is 5.14 Å². The summed E-state index contributed by atoms with van der Waals surface area (Å²) < 4.78 is 0. The van der Waals surface area contributed by atoms with E-state index in [0.717, 1.165) is 10.6 Å². The second-order valence-corrected chi connectivity index (χ2v) is 3.74. The highest BCUT2D eigenvalue weighted by atomic mass is 32.2. The van der Waals surface area contributed by atoms with Crippen LogP contribution in [0, 0.1) is 0 Å². The van der Waals surface area contributed by atoms with Crippen LogP contribution in [0.25, 0.3) is 0 Å². The van der Waals surface area contributed by atoms with Crippen LogP contribution < -0.4 is 10.5 Å². The van der Waals surface area contributed by atoms with Gasteiger partial charge in [-0.25, -0.2) is 9.97 Å². The van der Waals surface area contributed by atoms with Gasteiger partial charge in [-0.1, -0.05) is 0 Å². The maximum Gasteiger partial charge on any atom is 0.227 e. The number of hydrogen-bond donors (Lipinski definition) is 3. The van der Waals surface area contributed by atoms with Gasteiger partial charge in [-0.2, -0.15) is 0 Å². The molecule has 0 bridgehead atoms. The Kier molecular flexibility index (Phi) is 3.23. The van der Waals surface area contributed by atoms with Crippen LogP contribution in [0.5, 0.6) is 5.75 Å². The molecular weight excluding hydrogens is 224 g/mol. The molecule has 0 fully saturated rings. The Morgan fingerprint density at radius 2 is 1.75 bits per heavy atom. The van der Waals surface area contributed by atoms with E-state index < -0.39 is 0 Å². The fourth-order valence-corrected chi connectivity index (χ4v) is 1.42. The lowest BCUT2D eigenvalue weighted by Gasteiger charge is -2.04. The van der Waals surface area contributed by atoms with Crippen LogP contribution in [0.1, 0.15) is 0 Å². The molecule has 0 unspecified atom stereocenters. The van der Waals surface area contributed by atoms with Crippen molar-refractivity contribution in [2.24, 2.45) is 5.14 Å². The number of nitrogens with two attached hydrogens (primary N) is 1. The molecule has 0 saturated heterocycles. The van der Waals surface area contributed by atoms with Crippen molar-refractivity contribution in [2.45, 2.75) is 4.90 Å². The molecule has 1 aromatic carbocycles. The fourth-order valence-electron chi connectivity index (χ4n) is 1.13. The van der Waals surface area contributed by atoms with Gasteiger partial charge in [-0.05, 0) is 36.2 Å². The molecule has 1 heterocycles. The molecule has 0 amide bonds. The van der Waals surface area contributed by atoms with Crippen molar-refractivity contribution in [3.05, 3.63) is 36.7 Å². The molecule has 0 aliphatic rings. The largest absolute Gasteiger partial charge is 0.505 e. The second-order valence-electron chi connectivity index (χ2n) is 3.03. The highest BCUT2D eigenvalue weighted by Crippen LogP contribution is 2.18. The Labute approximate surface area is 96.9 Å². The molecule has 0 aliphatic carbocycles. The average Bonchev–Trinajstić information content (AvgIpc) is 2.33. The highest BCUT2D eigenvalue weighted by Gasteiger charge is 1.98. The summed E-state index contributed by atoms with van der Waals surface area (Å²) in [5.41, 5.74) is 0.864. The van der Waals surface area contributed by atoms with Crippen molar-refractivity contribution in [3.8, 4) is 5.75 Å². The van der Waals surface area contributed by atoms with E-state index in [0.29, 0.717) is 5.95 Å². The van der Waals surface area contributed by atoms with Crippen LogP contribution in [0.2, 0.25) is 0 Å². The molecule has 82 valence electrons. The lowest BCUT2D eigenvalue weighted by Crippen LogP contribution is -1.95. The first kappa shape index (κ1) is 10.7. The summed E-state index contributed by atoms with van der Waals surface area (Å²) in [6.07, 6.45) is 2.67. The number of benzene rings is 1. The van der Waals surface area contributed by atoms with E-state index in [4.69, 9.17) is 10.2 Å². The zero-order valence-electron chi connectivity index (χ0n) is 8.29. The fraction of sp³-hybridized carbons (Fsp3) is 0. The SMILES string of the molecule is NSc1ccc(Nc2ncc(O)cn2)cc1. The summed E-state index contributed by atoms with van der Waals surface area (Å²) in [5, 5.41) is 17.4. The number of anilines is 2. The third-order valence-corrected chi connectivity index (χ3v) is 2.43. The molecular formula is C10H10N4OS. The van der Waals surface area contributed by atoms with E-state index in [1.807, 2.05) is 24.3 Å². The molecule has 0 saturated carbocycles. The van der Waals surface area contributed by atoms with E-state index in [2.05, 4.69) is 15.3 Å². The first-order chi connectivity index (χ1) is 7.78. The topological polar surface area (TPSA) is 84.1 Å². The first-order valence-electron chi connectivity index (χ1n) is 4.53. The lowest BCUT2D eigenvalue weighted by molar-refractivity contribution is 0.470. The Morgan fingerprint density at radius 3 is 2.31 bits per heavy atom. The van der Waals surface area contributed by atoms with Crippen molar-refractivity contribution in [2.75, 3.05) is 5.32 Å². The summed E-state index contributed by atoms with van der Waals surface area (Å²) in [6.45, 7) is 0. The van der Waals surface area contributed by atoms with E-state index >= 15 is 0 Å². The van der Waals surface area contributed by atoms with Crippen molar-refractivity contribution < 1.29 is 5.11 Å². The molecule has 1 aromatic heterocycles. The quantitative estimate of drug-likeness (QED) is 0.703. The van der Waals surface area contributed by atoms with E-state index in [-0.39, 0.29) is 5.75 Å². The lowest BCUT2D eigenvalue weighted by atomic mass is 10.3. The van der Waals surface area contributed by atoms with Crippen molar-refractivity contribution in [1.82, 2.24) is 9.97 Å². The minimum absolute atomic E-state index is 0.0421. The standard InChI is InChI=1S/C10H10N4OS/c11-16-9-3-1-7(2-4-9)14-10-12-5-8(15)6-13-10/h1-6,15H,11H2,(H,12,13,14). The van der Waals surface area contributed by atoms with Gasteiger partial charge >= 0.3 is 0 Å². The average molecular weight is 234 g/mol. The molecule has 0 spiro atoms. The monoisotopic (exact) mass is 234 g/mol. The van der Waals surface area contributed by atoms with Gasteiger partial charge in [0.2, 0.25) is 5.95 Å². The number of nitrogens with one attached hydrogen (secondary N) is 1. The molecule has 0 aliphatic heterocycles. The van der Waals surface area contributed by atoms with E-state index in [1.165, 1.54) is 24.3 Å². The number of aromatic hydroxyl groups is 1. The number of nitrogens with zero attached hydrogens (tertiary/aromatic N) is 2. The van der Waals surface area contributed by atoms with Crippen LogP contribution in [-0.4, -0.2) is 15.1 Å². The Balaban J connectivity index is 2.11. The smallest absolute Gasteiger partial charge is 0.227 e. The van der Waals surface area contributed by atoms with Gasteiger partial charge in [0, 0.05) is 10.6 Å². The van der Waals surface area contributed by atoms with Crippen LogP contribution >= 0.6 is 11.9 Å². The van der Waals surface area contributed by atoms with Gasteiger partial charge in [0.15, 0.2) is 5.75 Å². The summed E-state index contributed by atoms with van der Waals surface area (Å²) in [7, 11) is 0. The van der Waals surface area contributed by atoms with Crippen LogP contribution in [0.3, 0.4) is 0 Å². The molecule has 2 aromatic rings. The summed E-state index contributed by atoms with van der Waals surface area (Å²) in [4.78, 5) is 8.81. The van der Waals surface area contributed by atoms with E-state index in [9.17, 15) is 0 Å². The van der Waals surface area contributed by atoms with Gasteiger partial charge < -0.3 is 10.4 Å². The van der Waals surface area contributed by atoms with Crippen molar-refractivity contribution in [3.63, 3.8) is 0 Å². The maximum absolute atomic E-state index is 9.02. The zero-order chi connectivity index (χ0) is 11.4. The Morgan fingerprint density at radius 1 is 1.12 bits per heavy atom. The second kappa shape index (κ2) is 4.82. The summed E-state index contributed by atoms with van der Waals surface area (Å²) >= 11 is 1.19. The number of hydrogen-bond acceptors (Lipinski definition) is 6. The van der Waals surface area contributed by atoms with Crippen LogP contribution in [-0.2, 0) is 0 Å². The Bertz CT molecular complexity index is 457. The molecule has 2 rings (SSSR count). The van der Waals surface area contributed by atoms with Crippen molar-refractivity contribution >= 4 is 23.6 Å². The maximum atomic E-state index is 9.02. The highest BCUT2D eigenvalue weighted by molar-refractivity contribution is 7.97. The molecule has 16 heavy (non-hydrogen) atoms. The van der Waals surface area contributed by atoms with E-state index in [1.54, 1.807) is 0 Å². The number of aromatic nitrogens is 2. The molecule has 0 atom stereocenters. The predicted octanol–water partition coefficient (Wildman–Crippen LogP) is 1.89. The summed E-state index contributed by atoms with van der Waals surface area (Å²) in [6, 6.07) is 7.55. The predicted molar refractivity (Wildman–Crippen MR) is 63.5 cm³/mol. The Hall–Kier alpha value is -1.79. The third-order valence-electron chi connectivity index (χ3n) is 1.88. The minimum Gasteiger partial charge on any atom is -0.505 e. The van der Waals surface area contributed by atoms with Gasteiger partial charge in [-0.15, -0.1) is 0 Å². The molecule has 5 nitrogen and oxygen atoms in total. The molecule has 0 radical (unpaired) electrons. The normalized spacial score (nSPS) is 10.1. The first-order valence-corrected chi connectivity index (χ1v) is 5.41. The van der Waals surface area contributed by atoms with Crippen molar-refractivity contribution in [1.29, 1.82) is 0 Å². The van der Waals surface area contributed by atoms with Crippen LogP contribution in [0.4, 0.5) is 11.6 Å². The van der Waals surface area contributed by atoms with Gasteiger partial charge in [0.05, 0.1) is 12.4 Å². The number of rotatable bonds is 3. The summed E-state index contributed by atoms with van der Waals surface area (Å²) in [5.74, 6) is 0.478. The van der Waals surface area contributed by atoms with Gasteiger partial charge in [0.25, 0.3) is 0 Å². The molecule has 6 heteroatoms. The third kappa shape index (κ3) is 2.62.